The summed E-state index contributed by atoms with van der Waals surface area (Å²) in [5.74, 6) is -0.447. The average Bonchev–Trinajstić information content (AvgIpc) is 2.50. The Morgan fingerprint density at radius 3 is 2.36 bits per heavy atom. The lowest BCUT2D eigenvalue weighted by Crippen LogP contribution is -2.44. The van der Waals surface area contributed by atoms with Crippen molar-refractivity contribution in [3.05, 3.63) is 29.3 Å². The standard InChI is InChI=1S/C18H26N2O5/c1-11(2)14-7-6-13(5)15(8-14)24-10-17(22)25-9-16(21)20-18(23)19-12(3)4/h6-8,11-12H,9-10H2,1-5H3,(H2,19,20,21,23). The molecule has 0 aliphatic rings. The molecule has 0 spiro atoms. The molecular formula is C18H26N2O5. The van der Waals surface area contributed by atoms with Gasteiger partial charge in [0.05, 0.1) is 0 Å². The monoisotopic (exact) mass is 350 g/mol. The van der Waals surface area contributed by atoms with Gasteiger partial charge in [-0.2, -0.15) is 0 Å². The van der Waals surface area contributed by atoms with Gasteiger partial charge in [-0.3, -0.25) is 10.1 Å². The number of amides is 3. The fourth-order valence-corrected chi connectivity index (χ4v) is 1.92. The molecule has 0 aliphatic heterocycles. The highest BCUT2D eigenvalue weighted by atomic mass is 16.6. The molecule has 0 saturated heterocycles. The van der Waals surface area contributed by atoms with Gasteiger partial charge in [-0.1, -0.05) is 26.0 Å². The van der Waals surface area contributed by atoms with E-state index in [0.29, 0.717) is 11.7 Å². The Hall–Kier alpha value is -2.57. The van der Waals surface area contributed by atoms with Crippen LogP contribution in [-0.4, -0.2) is 37.2 Å². The van der Waals surface area contributed by atoms with E-state index in [-0.39, 0.29) is 12.6 Å². The number of imide groups is 1. The first-order valence-corrected chi connectivity index (χ1v) is 8.18. The van der Waals surface area contributed by atoms with Gasteiger partial charge in [-0.25, -0.2) is 9.59 Å². The number of rotatable bonds is 7. The Morgan fingerprint density at radius 1 is 1.08 bits per heavy atom. The zero-order valence-electron chi connectivity index (χ0n) is 15.3. The molecule has 25 heavy (non-hydrogen) atoms. The van der Waals surface area contributed by atoms with Gasteiger partial charge in [0.25, 0.3) is 5.91 Å². The Labute approximate surface area is 148 Å². The maximum atomic E-state index is 11.7. The van der Waals surface area contributed by atoms with Crippen molar-refractivity contribution in [1.82, 2.24) is 10.6 Å². The van der Waals surface area contributed by atoms with Gasteiger partial charge < -0.3 is 14.8 Å². The largest absolute Gasteiger partial charge is 0.482 e. The molecule has 3 amide bonds. The maximum Gasteiger partial charge on any atom is 0.344 e. The molecule has 2 N–H and O–H groups in total. The zero-order valence-corrected chi connectivity index (χ0v) is 15.3. The number of carbonyl (C=O) groups is 3. The lowest BCUT2D eigenvalue weighted by atomic mass is 10.0. The van der Waals surface area contributed by atoms with E-state index >= 15 is 0 Å². The average molecular weight is 350 g/mol. The first-order chi connectivity index (χ1) is 11.7. The SMILES string of the molecule is Cc1ccc(C(C)C)cc1OCC(=O)OCC(=O)NC(=O)NC(C)C. The quantitative estimate of drug-likeness (QED) is 0.736. The molecule has 0 aliphatic carbocycles. The summed E-state index contributed by atoms with van der Waals surface area (Å²) in [6.07, 6.45) is 0. The number of urea groups is 1. The second-order valence-corrected chi connectivity index (χ2v) is 6.31. The molecular weight excluding hydrogens is 324 g/mol. The first kappa shape index (κ1) is 20.5. The van der Waals surface area contributed by atoms with Gasteiger partial charge in [-0.15, -0.1) is 0 Å². The number of ether oxygens (including phenoxy) is 2. The third-order valence-electron chi connectivity index (χ3n) is 3.26. The summed E-state index contributed by atoms with van der Waals surface area (Å²) in [5.41, 5.74) is 2.00. The normalized spacial score (nSPS) is 10.5. The number of carbonyl (C=O) groups excluding carboxylic acids is 3. The molecule has 1 rings (SSSR count). The molecule has 7 nitrogen and oxygen atoms in total. The van der Waals surface area contributed by atoms with Gasteiger partial charge in [0, 0.05) is 6.04 Å². The molecule has 0 radical (unpaired) electrons. The number of benzene rings is 1. The Bertz CT molecular complexity index is 626. The Balaban J connectivity index is 2.41. The van der Waals surface area contributed by atoms with Crippen LogP contribution < -0.4 is 15.4 Å². The zero-order chi connectivity index (χ0) is 19.0. The van der Waals surface area contributed by atoms with Crippen LogP contribution in [0.1, 0.15) is 44.7 Å². The molecule has 1 aromatic rings. The van der Waals surface area contributed by atoms with E-state index in [0.717, 1.165) is 11.1 Å². The highest BCUT2D eigenvalue weighted by Gasteiger charge is 2.13. The molecule has 138 valence electrons. The molecule has 0 saturated carbocycles. The summed E-state index contributed by atoms with van der Waals surface area (Å²) in [6.45, 7) is 8.68. The van der Waals surface area contributed by atoms with Crippen molar-refractivity contribution in [3.8, 4) is 5.75 Å². The third-order valence-corrected chi connectivity index (χ3v) is 3.26. The smallest absolute Gasteiger partial charge is 0.344 e. The number of hydrogen-bond acceptors (Lipinski definition) is 5. The van der Waals surface area contributed by atoms with Gasteiger partial charge >= 0.3 is 12.0 Å². The number of aryl methyl sites for hydroxylation is 1. The molecule has 0 atom stereocenters. The highest BCUT2D eigenvalue weighted by Crippen LogP contribution is 2.24. The lowest BCUT2D eigenvalue weighted by molar-refractivity contribution is -0.150. The van der Waals surface area contributed by atoms with Crippen LogP contribution in [0.15, 0.2) is 18.2 Å². The molecule has 0 unspecified atom stereocenters. The minimum absolute atomic E-state index is 0.103. The predicted octanol–water partition coefficient (Wildman–Crippen LogP) is 2.27. The van der Waals surface area contributed by atoms with Crippen LogP contribution in [0.3, 0.4) is 0 Å². The summed E-state index contributed by atoms with van der Waals surface area (Å²) >= 11 is 0. The fourth-order valence-electron chi connectivity index (χ4n) is 1.92. The van der Waals surface area contributed by atoms with Crippen molar-refractivity contribution in [2.45, 2.75) is 46.6 Å². The van der Waals surface area contributed by atoms with E-state index in [9.17, 15) is 14.4 Å². The topological polar surface area (TPSA) is 93.7 Å². The van der Waals surface area contributed by atoms with Gasteiger partial charge in [-0.05, 0) is 43.9 Å². The molecule has 0 aromatic heterocycles. The predicted molar refractivity (Wildman–Crippen MR) is 93.5 cm³/mol. The van der Waals surface area contributed by atoms with Crippen molar-refractivity contribution < 1.29 is 23.9 Å². The summed E-state index contributed by atoms with van der Waals surface area (Å²) in [6, 6.07) is 5.09. The van der Waals surface area contributed by atoms with Crippen molar-refractivity contribution in [2.75, 3.05) is 13.2 Å². The van der Waals surface area contributed by atoms with Crippen molar-refractivity contribution in [1.29, 1.82) is 0 Å². The fraction of sp³-hybridized carbons (Fsp3) is 0.500. The van der Waals surface area contributed by atoms with E-state index in [2.05, 4.69) is 24.5 Å². The van der Waals surface area contributed by atoms with E-state index in [1.165, 1.54) is 0 Å². The maximum absolute atomic E-state index is 11.7. The Morgan fingerprint density at radius 2 is 1.76 bits per heavy atom. The summed E-state index contributed by atoms with van der Waals surface area (Å²) in [7, 11) is 0. The first-order valence-electron chi connectivity index (χ1n) is 8.18. The second-order valence-electron chi connectivity index (χ2n) is 6.31. The van der Waals surface area contributed by atoms with Crippen molar-refractivity contribution in [2.24, 2.45) is 0 Å². The van der Waals surface area contributed by atoms with E-state index in [1.54, 1.807) is 13.8 Å². The van der Waals surface area contributed by atoms with Crippen LogP contribution in [0.4, 0.5) is 4.79 Å². The lowest BCUT2D eigenvalue weighted by Gasteiger charge is -2.12. The van der Waals surface area contributed by atoms with Crippen molar-refractivity contribution >= 4 is 17.9 Å². The van der Waals surface area contributed by atoms with Crippen molar-refractivity contribution in [3.63, 3.8) is 0 Å². The number of hydrogen-bond donors (Lipinski definition) is 2. The minimum Gasteiger partial charge on any atom is -0.482 e. The summed E-state index contributed by atoms with van der Waals surface area (Å²) < 4.78 is 10.3. The third kappa shape index (κ3) is 7.69. The van der Waals surface area contributed by atoms with E-state index in [4.69, 9.17) is 9.47 Å². The molecule has 0 heterocycles. The van der Waals surface area contributed by atoms with E-state index < -0.39 is 24.5 Å². The van der Waals surface area contributed by atoms with Gasteiger partial charge in [0.2, 0.25) is 0 Å². The highest BCUT2D eigenvalue weighted by molar-refractivity contribution is 5.95. The summed E-state index contributed by atoms with van der Waals surface area (Å²) in [5, 5.41) is 4.55. The van der Waals surface area contributed by atoms with Gasteiger partial charge in [0.1, 0.15) is 5.75 Å². The van der Waals surface area contributed by atoms with E-state index in [1.807, 2.05) is 25.1 Å². The van der Waals surface area contributed by atoms with Crippen LogP contribution in [0.5, 0.6) is 5.75 Å². The van der Waals surface area contributed by atoms with Crippen LogP contribution in [0, 0.1) is 6.92 Å². The second kappa shape index (κ2) is 9.66. The number of nitrogens with one attached hydrogen (secondary N) is 2. The van der Waals surface area contributed by atoms with Crippen LogP contribution in [0.2, 0.25) is 0 Å². The number of esters is 1. The van der Waals surface area contributed by atoms with Crippen LogP contribution >= 0.6 is 0 Å². The molecule has 0 bridgehead atoms. The van der Waals surface area contributed by atoms with Crippen LogP contribution in [-0.2, 0) is 14.3 Å². The van der Waals surface area contributed by atoms with Crippen LogP contribution in [0.25, 0.3) is 0 Å². The van der Waals surface area contributed by atoms with Gasteiger partial charge in [0.15, 0.2) is 13.2 Å². The Kier molecular flexibility index (Phi) is 7.91. The minimum atomic E-state index is -0.704. The summed E-state index contributed by atoms with van der Waals surface area (Å²) in [4.78, 5) is 34.5. The molecule has 7 heteroatoms. The molecule has 1 aromatic carbocycles. The molecule has 0 fully saturated rings.